The number of alkyl halides is 6. The Kier molecular flexibility index (Phi) is 7.63. The maximum absolute atomic E-state index is 14.0. The summed E-state index contributed by atoms with van der Waals surface area (Å²) >= 11 is 5.75. The van der Waals surface area contributed by atoms with Gasteiger partial charge in [0, 0.05) is 10.9 Å². The quantitative estimate of drug-likeness (QED) is 0.416. The molecule has 1 unspecified atom stereocenters. The number of carbonyl (C=O) groups excluding carboxylic acids is 2. The first-order chi connectivity index (χ1) is 15.0. The summed E-state index contributed by atoms with van der Waals surface area (Å²) in [5.74, 6) is -11.6. The third kappa shape index (κ3) is 4.77. The van der Waals surface area contributed by atoms with Crippen molar-refractivity contribution in [2.24, 2.45) is 11.8 Å². The largest absolute Gasteiger partial charge is 0.466 e. The lowest BCUT2D eigenvalue weighted by Gasteiger charge is -2.54. The molecule has 0 saturated carbocycles. The van der Waals surface area contributed by atoms with E-state index in [1.165, 1.54) is 13.8 Å². The van der Waals surface area contributed by atoms with Crippen LogP contribution in [0.1, 0.15) is 25.3 Å². The van der Waals surface area contributed by atoms with Crippen LogP contribution in [0.2, 0.25) is 5.02 Å². The van der Waals surface area contributed by atoms with E-state index in [-0.39, 0.29) is 5.02 Å². The van der Waals surface area contributed by atoms with E-state index in [1.54, 1.807) is 0 Å². The highest BCUT2D eigenvalue weighted by molar-refractivity contribution is 6.30. The second-order valence-corrected chi connectivity index (χ2v) is 7.63. The van der Waals surface area contributed by atoms with Gasteiger partial charge in [-0.3, -0.25) is 9.59 Å². The van der Waals surface area contributed by atoms with Gasteiger partial charge in [0.2, 0.25) is 11.4 Å². The van der Waals surface area contributed by atoms with Gasteiger partial charge < -0.3 is 19.7 Å². The molecular formula is C19H20ClF6NO6. The van der Waals surface area contributed by atoms with E-state index >= 15 is 0 Å². The zero-order valence-corrected chi connectivity index (χ0v) is 17.9. The Bertz CT molecular complexity index is 831. The average molecular weight is 508 g/mol. The van der Waals surface area contributed by atoms with Gasteiger partial charge in [-0.15, -0.1) is 0 Å². The predicted octanol–water partition coefficient (Wildman–Crippen LogP) is 2.89. The lowest BCUT2D eigenvalue weighted by molar-refractivity contribution is -0.376. The van der Waals surface area contributed by atoms with Crippen molar-refractivity contribution < 1.29 is 55.6 Å². The lowest BCUT2D eigenvalue weighted by atomic mass is 9.64. The molecule has 3 N–H and O–H groups in total. The number of rotatable bonds is 5. The molecule has 1 aromatic carbocycles. The second kappa shape index (κ2) is 9.28. The molecule has 0 aromatic heterocycles. The molecule has 0 aliphatic carbocycles. The SMILES string of the molecule is CCOC(=O)[C@@H]1C(c2ccc(Cl)cc2)[C@H](C(=O)OCC)[C@](O)(C(F)(F)F)N[C@@]1(O)C(F)(F)F. The van der Waals surface area contributed by atoms with Gasteiger partial charge in [0.1, 0.15) is 11.8 Å². The molecule has 1 aromatic rings. The van der Waals surface area contributed by atoms with Crippen molar-refractivity contribution in [3.63, 3.8) is 0 Å². The number of hydrogen-bond donors (Lipinski definition) is 3. The molecule has 0 bridgehead atoms. The van der Waals surface area contributed by atoms with Gasteiger partial charge in [0.05, 0.1) is 13.2 Å². The number of nitrogens with one attached hydrogen (secondary N) is 1. The number of halogens is 7. The maximum atomic E-state index is 14.0. The molecular weight excluding hydrogens is 488 g/mol. The molecule has 2 rings (SSSR count). The molecule has 14 heteroatoms. The first-order valence-electron chi connectivity index (χ1n) is 9.51. The van der Waals surface area contributed by atoms with Crippen molar-refractivity contribution in [2.45, 2.75) is 43.6 Å². The third-order valence-corrected chi connectivity index (χ3v) is 5.45. The molecule has 1 saturated heterocycles. The Balaban J connectivity index is 2.95. The molecule has 7 nitrogen and oxygen atoms in total. The van der Waals surface area contributed by atoms with Gasteiger partial charge in [-0.1, -0.05) is 23.7 Å². The summed E-state index contributed by atoms with van der Waals surface area (Å²) in [7, 11) is 0. The normalized spacial score (nSPS) is 30.6. The van der Waals surface area contributed by atoms with Crippen molar-refractivity contribution >= 4 is 23.5 Å². The Labute approximate surface area is 188 Å². The van der Waals surface area contributed by atoms with Crippen molar-refractivity contribution in [1.82, 2.24) is 5.32 Å². The number of hydrogen-bond acceptors (Lipinski definition) is 7. The molecule has 0 amide bonds. The van der Waals surface area contributed by atoms with Crippen molar-refractivity contribution in [1.29, 1.82) is 0 Å². The highest BCUT2D eigenvalue weighted by Gasteiger charge is 2.78. The van der Waals surface area contributed by atoms with Gasteiger partial charge in [0.25, 0.3) is 0 Å². The van der Waals surface area contributed by atoms with Crippen LogP contribution in [0, 0.1) is 11.8 Å². The number of piperidine rings is 1. The number of esters is 2. The van der Waals surface area contributed by atoms with E-state index in [4.69, 9.17) is 11.6 Å². The maximum Gasteiger partial charge on any atom is 0.432 e. The van der Waals surface area contributed by atoms with Crippen LogP contribution in [0.4, 0.5) is 26.3 Å². The summed E-state index contributed by atoms with van der Waals surface area (Å²) in [4.78, 5) is 25.3. The molecule has 5 atom stereocenters. The Hall–Kier alpha value is -2.09. The Morgan fingerprint density at radius 2 is 1.27 bits per heavy atom. The van der Waals surface area contributed by atoms with E-state index < -0.39 is 72.3 Å². The third-order valence-electron chi connectivity index (χ3n) is 5.20. The highest BCUT2D eigenvalue weighted by Crippen LogP contribution is 2.55. The molecule has 0 radical (unpaired) electrons. The fourth-order valence-corrected chi connectivity index (χ4v) is 3.95. The van der Waals surface area contributed by atoms with Crippen LogP contribution in [-0.4, -0.2) is 59.2 Å². The van der Waals surface area contributed by atoms with E-state index in [0.29, 0.717) is 5.32 Å². The molecule has 33 heavy (non-hydrogen) atoms. The van der Waals surface area contributed by atoms with Gasteiger partial charge in [0.15, 0.2) is 0 Å². The second-order valence-electron chi connectivity index (χ2n) is 7.19. The minimum Gasteiger partial charge on any atom is -0.466 e. The van der Waals surface area contributed by atoms with Crippen molar-refractivity contribution in [3.8, 4) is 0 Å². The number of aliphatic hydroxyl groups is 2. The van der Waals surface area contributed by atoms with Gasteiger partial charge in [-0.25, -0.2) is 5.32 Å². The zero-order chi connectivity index (χ0) is 25.4. The van der Waals surface area contributed by atoms with Crippen LogP contribution in [0.15, 0.2) is 24.3 Å². The smallest absolute Gasteiger partial charge is 0.432 e. The van der Waals surface area contributed by atoms with E-state index in [1.807, 2.05) is 0 Å². The molecule has 1 aliphatic heterocycles. The number of carbonyl (C=O) groups is 2. The summed E-state index contributed by atoms with van der Waals surface area (Å²) < 4.78 is 93.2. The fourth-order valence-electron chi connectivity index (χ4n) is 3.82. The van der Waals surface area contributed by atoms with Gasteiger partial charge in [-0.2, -0.15) is 26.3 Å². The van der Waals surface area contributed by atoms with E-state index in [2.05, 4.69) is 9.47 Å². The lowest BCUT2D eigenvalue weighted by Crippen LogP contribution is -2.81. The fraction of sp³-hybridized carbons (Fsp3) is 0.579. The van der Waals surface area contributed by atoms with Crippen LogP contribution >= 0.6 is 11.6 Å². The van der Waals surface area contributed by atoms with Crippen molar-refractivity contribution in [2.75, 3.05) is 13.2 Å². The number of ether oxygens (including phenoxy) is 2. The van der Waals surface area contributed by atoms with Crippen LogP contribution in [0.5, 0.6) is 0 Å². The highest BCUT2D eigenvalue weighted by atomic mass is 35.5. The number of benzene rings is 1. The Morgan fingerprint density at radius 3 is 1.58 bits per heavy atom. The monoisotopic (exact) mass is 507 g/mol. The van der Waals surface area contributed by atoms with Gasteiger partial charge in [-0.05, 0) is 31.5 Å². The standard InChI is InChI=1S/C19H20ClF6NO6/c1-3-32-14(28)12-11(9-5-7-10(20)8-6-9)13(15(29)33-4-2)17(31,19(24,25)26)27-16(12,30)18(21,22)23/h5-8,11-13,27,30-31H,3-4H2,1-2H3/t11?,12-,13+,16-,17-/m0/s1. The minimum atomic E-state index is -5.94. The zero-order valence-electron chi connectivity index (χ0n) is 17.1. The minimum absolute atomic E-state index is 0.0326. The molecule has 1 aliphatic rings. The van der Waals surface area contributed by atoms with E-state index in [9.17, 15) is 46.1 Å². The first kappa shape index (κ1) is 27.2. The topological polar surface area (TPSA) is 105 Å². The van der Waals surface area contributed by atoms with Crippen LogP contribution < -0.4 is 5.32 Å². The Morgan fingerprint density at radius 1 is 0.909 bits per heavy atom. The van der Waals surface area contributed by atoms with Crippen LogP contribution in [0.3, 0.4) is 0 Å². The summed E-state index contributed by atoms with van der Waals surface area (Å²) in [6.07, 6.45) is -11.9. The summed E-state index contributed by atoms with van der Waals surface area (Å²) in [5.41, 5.74) is -9.75. The summed E-state index contributed by atoms with van der Waals surface area (Å²) in [6.45, 7) is 1.44. The molecule has 186 valence electrons. The molecule has 1 fully saturated rings. The van der Waals surface area contributed by atoms with Crippen molar-refractivity contribution in [3.05, 3.63) is 34.9 Å². The van der Waals surface area contributed by atoms with E-state index in [0.717, 1.165) is 24.3 Å². The average Bonchev–Trinajstić information content (AvgIpc) is 2.66. The molecule has 1 heterocycles. The molecule has 0 spiro atoms. The van der Waals surface area contributed by atoms with Crippen LogP contribution in [0.25, 0.3) is 0 Å². The summed E-state index contributed by atoms with van der Waals surface area (Å²) in [6, 6.07) is 4.10. The van der Waals surface area contributed by atoms with Crippen LogP contribution in [-0.2, 0) is 19.1 Å². The predicted molar refractivity (Wildman–Crippen MR) is 99.6 cm³/mol. The summed E-state index contributed by atoms with van der Waals surface area (Å²) in [5, 5.41) is 21.8. The first-order valence-corrected chi connectivity index (χ1v) is 9.89. The van der Waals surface area contributed by atoms with Gasteiger partial charge >= 0.3 is 24.3 Å².